The van der Waals surface area contributed by atoms with Crippen LogP contribution in [-0.4, -0.2) is 75.1 Å². The van der Waals surface area contributed by atoms with Crippen molar-refractivity contribution in [1.29, 1.82) is 0 Å². The average molecular weight is 502 g/mol. The number of allylic oxidation sites excluding steroid dienone is 2. The average Bonchev–Trinajstić information content (AvgIpc) is 2.93. The van der Waals surface area contributed by atoms with Gasteiger partial charge in [0.2, 0.25) is 5.78 Å². The minimum atomic E-state index is -0.282. The summed E-state index contributed by atoms with van der Waals surface area (Å²) in [4.78, 5) is 18.6. The zero-order chi connectivity index (χ0) is 25.9. The first-order valence-electron chi connectivity index (χ1n) is 12.8. The highest BCUT2D eigenvalue weighted by atomic mass is 16.5. The van der Waals surface area contributed by atoms with Crippen molar-refractivity contribution in [1.82, 2.24) is 10.2 Å². The Bertz CT molecular complexity index is 1150. The van der Waals surface area contributed by atoms with Crippen LogP contribution < -0.4 is 5.32 Å². The summed E-state index contributed by atoms with van der Waals surface area (Å²) in [5.41, 5.74) is 4.73. The number of aliphatic imine (C=N–C) groups is 1. The van der Waals surface area contributed by atoms with Crippen molar-refractivity contribution in [2.75, 3.05) is 53.1 Å². The third-order valence-electron chi connectivity index (χ3n) is 6.57. The summed E-state index contributed by atoms with van der Waals surface area (Å²) in [6, 6.07) is 16.6. The number of hydrogen-bond donors (Lipinski definition) is 2. The highest BCUT2D eigenvalue weighted by Crippen LogP contribution is 2.27. The minimum Gasteiger partial charge on any atom is -0.503 e. The largest absolute Gasteiger partial charge is 0.503 e. The summed E-state index contributed by atoms with van der Waals surface area (Å²) in [6.07, 6.45) is 2.19. The standard InChI is InChI=1S/C30H35N3O4/c1-36-17-14-31-21-27(20-28-30(35)29(34)12-13-32-28)26-10-8-24(9-11-26)3-2-23-4-6-25(7-5-23)22-33-15-18-37-19-16-33/h4-11,13,27,31,35H,12,14-22H2,1H3. The maximum atomic E-state index is 11.9. The summed E-state index contributed by atoms with van der Waals surface area (Å²) in [5, 5.41) is 13.6. The molecule has 2 aliphatic rings. The van der Waals surface area contributed by atoms with Gasteiger partial charge in [-0.05, 0) is 35.4 Å². The second-order valence-corrected chi connectivity index (χ2v) is 9.29. The summed E-state index contributed by atoms with van der Waals surface area (Å²) in [6.45, 7) is 6.51. The van der Waals surface area contributed by atoms with Crippen LogP contribution in [0.2, 0.25) is 0 Å². The number of aliphatic hydroxyl groups excluding tert-OH is 1. The number of nitrogens with zero attached hydrogens (tertiary/aromatic N) is 2. The van der Waals surface area contributed by atoms with Gasteiger partial charge in [0.05, 0.1) is 25.5 Å². The van der Waals surface area contributed by atoms with Crippen molar-refractivity contribution in [3.63, 3.8) is 0 Å². The molecular weight excluding hydrogens is 466 g/mol. The molecule has 0 saturated carbocycles. The fraction of sp³-hybridized carbons (Fsp3) is 0.400. The Morgan fingerprint density at radius 2 is 1.76 bits per heavy atom. The second kappa shape index (κ2) is 13.9. The monoisotopic (exact) mass is 501 g/mol. The zero-order valence-corrected chi connectivity index (χ0v) is 21.4. The van der Waals surface area contributed by atoms with E-state index in [2.05, 4.69) is 63.4 Å². The number of rotatable bonds is 10. The van der Waals surface area contributed by atoms with E-state index in [1.54, 1.807) is 13.3 Å². The maximum absolute atomic E-state index is 11.9. The van der Waals surface area contributed by atoms with E-state index in [-0.39, 0.29) is 23.9 Å². The molecule has 2 aromatic carbocycles. The van der Waals surface area contributed by atoms with Crippen molar-refractivity contribution in [2.24, 2.45) is 4.99 Å². The zero-order valence-electron chi connectivity index (χ0n) is 21.4. The van der Waals surface area contributed by atoms with E-state index in [1.807, 2.05) is 12.1 Å². The number of benzene rings is 2. The van der Waals surface area contributed by atoms with Gasteiger partial charge in [0.25, 0.3) is 0 Å². The number of morpholine rings is 1. The molecule has 0 aliphatic carbocycles. The Balaban J connectivity index is 1.40. The van der Waals surface area contributed by atoms with Crippen LogP contribution in [0.4, 0.5) is 0 Å². The van der Waals surface area contributed by atoms with E-state index in [4.69, 9.17) is 9.47 Å². The highest BCUT2D eigenvalue weighted by Gasteiger charge is 2.21. The molecule has 0 amide bonds. The lowest BCUT2D eigenvalue weighted by molar-refractivity contribution is -0.117. The van der Waals surface area contributed by atoms with Crippen LogP contribution in [0.3, 0.4) is 0 Å². The molecule has 7 heteroatoms. The van der Waals surface area contributed by atoms with Gasteiger partial charge >= 0.3 is 0 Å². The van der Waals surface area contributed by atoms with Crippen LogP contribution in [0.25, 0.3) is 0 Å². The maximum Gasteiger partial charge on any atom is 0.204 e. The van der Waals surface area contributed by atoms with Crippen molar-refractivity contribution >= 4 is 12.0 Å². The van der Waals surface area contributed by atoms with Gasteiger partial charge in [-0.2, -0.15) is 0 Å². The van der Waals surface area contributed by atoms with Gasteiger partial charge in [-0.1, -0.05) is 36.1 Å². The number of aliphatic hydroxyl groups is 1. The molecule has 2 heterocycles. The number of nitrogens with one attached hydrogen (secondary N) is 1. The van der Waals surface area contributed by atoms with Gasteiger partial charge < -0.3 is 19.9 Å². The predicted octanol–water partition coefficient (Wildman–Crippen LogP) is 3.44. The smallest absolute Gasteiger partial charge is 0.204 e. The van der Waals surface area contributed by atoms with E-state index in [0.29, 0.717) is 25.3 Å². The molecule has 37 heavy (non-hydrogen) atoms. The molecule has 2 aromatic rings. The van der Waals surface area contributed by atoms with Crippen molar-refractivity contribution in [3.05, 3.63) is 82.2 Å². The minimum absolute atomic E-state index is 0.0399. The lowest BCUT2D eigenvalue weighted by atomic mass is 9.92. The van der Waals surface area contributed by atoms with Gasteiger partial charge in [-0.15, -0.1) is 0 Å². The van der Waals surface area contributed by atoms with Gasteiger partial charge in [-0.25, -0.2) is 0 Å². The summed E-state index contributed by atoms with van der Waals surface area (Å²) < 4.78 is 10.6. The molecule has 1 atom stereocenters. The molecule has 0 aromatic heterocycles. The number of ether oxygens (including phenoxy) is 2. The van der Waals surface area contributed by atoms with E-state index in [1.165, 1.54) is 5.56 Å². The Labute approximate surface area is 219 Å². The topological polar surface area (TPSA) is 83.4 Å². The van der Waals surface area contributed by atoms with Crippen LogP contribution in [0.1, 0.15) is 41.0 Å². The Kier molecular flexibility index (Phi) is 10.0. The number of Topliss-reactive ketones (excluding diaryl/α,β-unsaturated/α-hetero) is 1. The molecule has 194 valence electrons. The fourth-order valence-electron chi connectivity index (χ4n) is 4.39. The lowest BCUT2D eigenvalue weighted by Gasteiger charge is -2.26. The van der Waals surface area contributed by atoms with Crippen LogP contribution in [0, 0.1) is 11.8 Å². The van der Waals surface area contributed by atoms with Crippen molar-refractivity contribution < 1.29 is 19.4 Å². The van der Waals surface area contributed by atoms with E-state index in [0.717, 1.165) is 56.1 Å². The number of carbonyl (C=O) groups is 1. The second-order valence-electron chi connectivity index (χ2n) is 9.29. The van der Waals surface area contributed by atoms with Gasteiger partial charge in [0, 0.05) is 75.9 Å². The number of methoxy groups -OCH3 is 1. The molecule has 1 saturated heterocycles. The third kappa shape index (κ3) is 8.11. The normalized spacial score (nSPS) is 16.9. The summed E-state index contributed by atoms with van der Waals surface area (Å²) in [7, 11) is 1.67. The molecule has 0 radical (unpaired) electrons. The first-order valence-corrected chi connectivity index (χ1v) is 12.8. The highest BCUT2D eigenvalue weighted by molar-refractivity contribution is 6.03. The predicted molar refractivity (Wildman–Crippen MR) is 145 cm³/mol. The molecule has 4 rings (SSSR count). The molecule has 0 bridgehead atoms. The molecule has 1 fully saturated rings. The summed E-state index contributed by atoms with van der Waals surface area (Å²) >= 11 is 0. The lowest BCUT2D eigenvalue weighted by Crippen LogP contribution is -2.35. The van der Waals surface area contributed by atoms with Crippen LogP contribution in [-0.2, 0) is 20.8 Å². The summed E-state index contributed by atoms with van der Waals surface area (Å²) in [5.74, 6) is 6.05. The van der Waals surface area contributed by atoms with Crippen LogP contribution in [0.15, 0.2) is 65.0 Å². The molecule has 7 nitrogen and oxygen atoms in total. The van der Waals surface area contributed by atoms with E-state index >= 15 is 0 Å². The quantitative estimate of drug-likeness (QED) is 0.383. The van der Waals surface area contributed by atoms with E-state index < -0.39 is 0 Å². The fourth-order valence-corrected chi connectivity index (χ4v) is 4.39. The number of ketones is 1. The molecule has 1 unspecified atom stereocenters. The molecule has 2 N–H and O–H groups in total. The number of carbonyl (C=O) groups excluding carboxylic acids is 1. The Morgan fingerprint density at radius 1 is 1.08 bits per heavy atom. The number of hydrogen-bond acceptors (Lipinski definition) is 7. The Hall–Kier alpha value is -3.28. The third-order valence-corrected chi connectivity index (χ3v) is 6.57. The van der Waals surface area contributed by atoms with Gasteiger partial charge in [0.15, 0.2) is 5.76 Å². The van der Waals surface area contributed by atoms with Gasteiger partial charge in [0.1, 0.15) is 0 Å². The molecule has 2 aliphatic heterocycles. The SMILES string of the molecule is COCCNCC(CC1=C(O)C(=O)CC=N1)c1ccc(C#Cc2ccc(CN3CCOCC3)cc2)cc1. The first kappa shape index (κ1) is 26.8. The van der Waals surface area contributed by atoms with Crippen molar-refractivity contribution in [3.8, 4) is 11.8 Å². The first-order chi connectivity index (χ1) is 18.1. The van der Waals surface area contributed by atoms with Crippen LogP contribution >= 0.6 is 0 Å². The Morgan fingerprint density at radius 3 is 2.43 bits per heavy atom. The molecule has 0 spiro atoms. The van der Waals surface area contributed by atoms with Crippen molar-refractivity contribution in [2.45, 2.75) is 25.3 Å². The molecular formula is C30H35N3O4. The van der Waals surface area contributed by atoms with Crippen LogP contribution in [0.5, 0.6) is 0 Å². The van der Waals surface area contributed by atoms with Gasteiger partial charge in [-0.3, -0.25) is 14.7 Å². The van der Waals surface area contributed by atoms with E-state index in [9.17, 15) is 9.90 Å².